The van der Waals surface area contributed by atoms with Gasteiger partial charge in [0.2, 0.25) is 0 Å². The number of aliphatic hydroxyl groups is 1. The third-order valence-electron chi connectivity index (χ3n) is 3.39. The molecule has 0 bridgehead atoms. The number of nitro groups is 1. The van der Waals surface area contributed by atoms with Crippen LogP contribution in [-0.2, 0) is 0 Å². The second-order valence-corrected chi connectivity index (χ2v) is 4.81. The van der Waals surface area contributed by atoms with E-state index < -0.39 is 10.9 Å². The van der Waals surface area contributed by atoms with Crippen LogP contribution < -0.4 is 5.32 Å². The fraction of sp³-hybridized carbons (Fsp3) is 0.417. The quantitative estimate of drug-likeness (QED) is 0.531. The molecule has 0 aliphatic heterocycles. The summed E-state index contributed by atoms with van der Waals surface area (Å²) in [5.41, 5.74) is -0.303. The van der Waals surface area contributed by atoms with Gasteiger partial charge in [-0.15, -0.1) is 0 Å². The van der Waals surface area contributed by atoms with Crippen LogP contribution in [0, 0.1) is 15.5 Å². The second-order valence-electron chi connectivity index (χ2n) is 4.81. The van der Waals surface area contributed by atoms with Crippen molar-refractivity contribution in [2.45, 2.75) is 12.8 Å². The molecule has 2 rings (SSSR count). The minimum absolute atomic E-state index is 0.0427. The normalized spacial score (nSPS) is 15.8. The number of rotatable bonds is 6. The number of aromatic carboxylic acids is 1. The lowest BCUT2D eigenvalue weighted by Crippen LogP contribution is -2.19. The highest BCUT2D eigenvalue weighted by atomic mass is 16.6. The minimum Gasteiger partial charge on any atom is -0.478 e. The Morgan fingerprint density at radius 3 is 2.63 bits per heavy atom. The molecule has 1 fully saturated rings. The zero-order valence-corrected chi connectivity index (χ0v) is 10.1. The van der Waals surface area contributed by atoms with Crippen molar-refractivity contribution in [1.29, 1.82) is 0 Å². The summed E-state index contributed by atoms with van der Waals surface area (Å²) < 4.78 is 0. The van der Waals surface area contributed by atoms with Crippen molar-refractivity contribution >= 4 is 17.3 Å². The van der Waals surface area contributed by atoms with Gasteiger partial charge in [-0.3, -0.25) is 10.1 Å². The van der Waals surface area contributed by atoms with Crippen molar-refractivity contribution in [3.05, 3.63) is 33.9 Å². The van der Waals surface area contributed by atoms with Crippen molar-refractivity contribution in [3.63, 3.8) is 0 Å². The number of carboxylic acids is 1. The van der Waals surface area contributed by atoms with Gasteiger partial charge in [0.05, 0.1) is 17.1 Å². The van der Waals surface area contributed by atoms with Gasteiger partial charge in [0, 0.05) is 18.0 Å². The van der Waals surface area contributed by atoms with Crippen LogP contribution in [0.4, 0.5) is 11.4 Å². The molecule has 0 spiro atoms. The fourth-order valence-electron chi connectivity index (χ4n) is 1.82. The highest BCUT2D eigenvalue weighted by molar-refractivity contribution is 5.89. The smallest absolute Gasteiger partial charge is 0.335 e. The topological polar surface area (TPSA) is 113 Å². The Labute approximate surface area is 109 Å². The summed E-state index contributed by atoms with van der Waals surface area (Å²) in [7, 11) is 0. The number of carboxylic acid groups (broad SMARTS) is 1. The van der Waals surface area contributed by atoms with Crippen LogP contribution in [0.25, 0.3) is 0 Å². The van der Waals surface area contributed by atoms with Gasteiger partial charge in [0.15, 0.2) is 0 Å². The lowest BCUT2D eigenvalue weighted by atomic mass is 10.1. The van der Waals surface area contributed by atoms with E-state index in [9.17, 15) is 20.0 Å². The van der Waals surface area contributed by atoms with Gasteiger partial charge in [-0.2, -0.15) is 0 Å². The first-order valence-corrected chi connectivity index (χ1v) is 5.84. The van der Waals surface area contributed by atoms with Crippen LogP contribution in [0.1, 0.15) is 23.2 Å². The minimum atomic E-state index is -1.20. The summed E-state index contributed by atoms with van der Waals surface area (Å²) in [6.07, 6.45) is 1.77. The molecule has 0 heterocycles. The molecule has 1 aromatic carbocycles. The SMILES string of the molecule is O=C(O)c1ccc(NCC2(CO)CC2)c([N+](=O)[O-])c1. The molecule has 0 unspecified atom stereocenters. The molecule has 102 valence electrons. The standard InChI is InChI=1S/C12H14N2O5/c15-7-12(3-4-12)6-13-9-2-1-8(11(16)17)5-10(9)14(18)19/h1-2,5,13,15H,3-4,6-7H2,(H,16,17). The van der Waals surface area contributed by atoms with Gasteiger partial charge in [-0.05, 0) is 25.0 Å². The monoisotopic (exact) mass is 266 g/mol. The molecule has 1 aromatic rings. The number of hydrogen-bond acceptors (Lipinski definition) is 5. The van der Waals surface area contributed by atoms with Gasteiger partial charge in [0.1, 0.15) is 5.69 Å². The number of nitrogens with one attached hydrogen (secondary N) is 1. The molecular weight excluding hydrogens is 252 g/mol. The summed E-state index contributed by atoms with van der Waals surface area (Å²) in [4.78, 5) is 21.1. The number of carbonyl (C=O) groups is 1. The third kappa shape index (κ3) is 2.82. The predicted octanol–water partition coefficient (Wildman–Crippen LogP) is 1.48. The molecule has 1 aliphatic carbocycles. The molecule has 0 saturated heterocycles. The first-order valence-electron chi connectivity index (χ1n) is 5.84. The highest BCUT2D eigenvalue weighted by Crippen LogP contribution is 2.45. The molecule has 0 amide bonds. The Morgan fingerprint density at radius 2 is 2.16 bits per heavy atom. The molecule has 7 nitrogen and oxygen atoms in total. The molecular formula is C12H14N2O5. The molecule has 0 atom stereocenters. The number of nitrogens with zero attached hydrogens (tertiary/aromatic N) is 1. The van der Waals surface area contributed by atoms with Crippen LogP contribution in [0.2, 0.25) is 0 Å². The van der Waals surface area contributed by atoms with E-state index >= 15 is 0 Å². The Balaban J connectivity index is 2.19. The predicted molar refractivity (Wildman–Crippen MR) is 67.3 cm³/mol. The number of nitro benzene ring substituents is 1. The summed E-state index contributed by atoms with van der Waals surface area (Å²) in [5, 5.41) is 31.8. The zero-order chi connectivity index (χ0) is 14.0. The molecule has 1 aliphatic rings. The molecule has 1 saturated carbocycles. The van der Waals surface area contributed by atoms with E-state index in [0.29, 0.717) is 6.54 Å². The van der Waals surface area contributed by atoms with Gasteiger partial charge in [-0.1, -0.05) is 0 Å². The number of benzene rings is 1. The van der Waals surface area contributed by atoms with Gasteiger partial charge in [0.25, 0.3) is 5.69 Å². The maximum absolute atomic E-state index is 10.9. The van der Waals surface area contributed by atoms with E-state index in [4.69, 9.17) is 5.11 Å². The highest BCUT2D eigenvalue weighted by Gasteiger charge is 2.42. The average Bonchev–Trinajstić information content (AvgIpc) is 3.16. The fourth-order valence-corrected chi connectivity index (χ4v) is 1.82. The molecule has 0 aromatic heterocycles. The summed E-state index contributed by atoms with van der Waals surface area (Å²) in [6, 6.07) is 3.73. The number of hydrogen-bond donors (Lipinski definition) is 3. The van der Waals surface area contributed by atoms with Crippen molar-refractivity contribution in [2.24, 2.45) is 5.41 Å². The third-order valence-corrected chi connectivity index (χ3v) is 3.39. The summed E-state index contributed by atoms with van der Waals surface area (Å²) in [6.45, 7) is 0.484. The van der Waals surface area contributed by atoms with E-state index in [1.807, 2.05) is 0 Å². The Morgan fingerprint density at radius 1 is 1.47 bits per heavy atom. The number of anilines is 1. The van der Waals surface area contributed by atoms with Crippen LogP contribution in [0.5, 0.6) is 0 Å². The van der Waals surface area contributed by atoms with Gasteiger partial charge >= 0.3 is 5.97 Å². The Hall–Kier alpha value is -2.15. The van der Waals surface area contributed by atoms with Crippen molar-refractivity contribution in [2.75, 3.05) is 18.5 Å². The van der Waals surface area contributed by atoms with Crippen molar-refractivity contribution in [3.8, 4) is 0 Å². The van der Waals surface area contributed by atoms with Crippen LogP contribution in [-0.4, -0.2) is 34.3 Å². The van der Waals surface area contributed by atoms with Gasteiger partial charge in [-0.25, -0.2) is 4.79 Å². The van der Waals surface area contributed by atoms with Gasteiger partial charge < -0.3 is 15.5 Å². The average molecular weight is 266 g/mol. The van der Waals surface area contributed by atoms with Crippen molar-refractivity contribution in [1.82, 2.24) is 0 Å². The van der Waals surface area contributed by atoms with Crippen LogP contribution in [0.15, 0.2) is 18.2 Å². The lowest BCUT2D eigenvalue weighted by Gasteiger charge is -2.14. The van der Waals surface area contributed by atoms with Crippen LogP contribution in [0.3, 0.4) is 0 Å². The lowest BCUT2D eigenvalue weighted by molar-refractivity contribution is -0.384. The second kappa shape index (κ2) is 4.85. The first kappa shape index (κ1) is 13.3. The summed E-state index contributed by atoms with van der Waals surface area (Å²) in [5.74, 6) is -1.20. The Bertz CT molecular complexity index is 525. The van der Waals surface area contributed by atoms with Crippen LogP contribution >= 0.6 is 0 Å². The van der Waals surface area contributed by atoms with E-state index in [-0.39, 0.29) is 29.0 Å². The zero-order valence-electron chi connectivity index (χ0n) is 10.1. The molecule has 19 heavy (non-hydrogen) atoms. The largest absolute Gasteiger partial charge is 0.478 e. The maximum Gasteiger partial charge on any atom is 0.335 e. The molecule has 3 N–H and O–H groups in total. The maximum atomic E-state index is 10.9. The van der Waals surface area contributed by atoms with E-state index in [0.717, 1.165) is 18.9 Å². The molecule has 7 heteroatoms. The van der Waals surface area contributed by atoms with Crippen molar-refractivity contribution < 1.29 is 19.9 Å². The molecule has 0 radical (unpaired) electrons. The Kier molecular flexibility index (Phi) is 3.39. The van der Waals surface area contributed by atoms with E-state index in [1.54, 1.807) is 0 Å². The summed E-state index contributed by atoms with van der Waals surface area (Å²) >= 11 is 0. The number of aliphatic hydroxyl groups excluding tert-OH is 1. The first-order chi connectivity index (χ1) is 8.97. The van der Waals surface area contributed by atoms with E-state index in [1.165, 1.54) is 12.1 Å². The van der Waals surface area contributed by atoms with E-state index in [2.05, 4.69) is 5.32 Å².